The first-order chi connectivity index (χ1) is 9.45. The van der Waals surface area contributed by atoms with Gasteiger partial charge in [0.2, 0.25) is 11.8 Å². The minimum atomic E-state index is -0.168. The van der Waals surface area contributed by atoms with Gasteiger partial charge in [0.15, 0.2) is 0 Å². The second-order valence-electron chi connectivity index (χ2n) is 4.30. The number of carbonyl (C=O) groups excluding carboxylic acids is 2. The van der Waals surface area contributed by atoms with Gasteiger partial charge < -0.3 is 20.1 Å². The van der Waals surface area contributed by atoms with Crippen LogP contribution in [0.1, 0.15) is 13.8 Å². The maximum atomic E-state index is 11.1. The van der Waals surface area contributed by atoms with Crippen LogP contribution in [0.25, 0.3) is 0 Å². The molecule has 6 nitrogen and oxygen atoms in total. The largest absolute Gasteiger partial charge is 0.377 e. The number of nitrogens with one attached hydrogen (secondary N) is 2. The van der Waals surface area contributed by atoms with Crippen LogP contribution < -0.4 is 10.6 Å². The van der Waals surface area contributed by atoms with Crippen LogP contribution >= 0.6 is 0 Å². The van der Waals surface area contributed by atoms with E-state index < -0.39 is 0 Å². The predicted octanol–water partition coefficient (Wildman–Crippen LogP) is 0.404. The normalized spacial score (nSPS) is 9.90. The summed E-state index contributed by atoms with van der Waals surface area (Å²) in [5, 5.41) is 5.31. The number of ether oxygens (including phenoxy) is 2. The molecule has 0 bridgehead atoms. The van der Waals surface area contributed by atoms with Gasteiger partial charge >= 0.3 is 0 Å². The third-order valence-corrected chi connectivity index (χ3v) is 2.21. The topological polar surface area (TPSA) is 76.7 Å². The molecule has 20 heavy (non-hydrogen) atoms. The highest BCUT2D eigenvalue weighted by atomic mass is 16.5. The van der Waals surface area contributed by atoms with Crippen LogP contribution in [0.3, 0.4) is 0 Å². The van der Waals surface area contributed by atoms with Crippen molar-refractivity contribution in [1.82, 2.24) is 10.6 Å². The molecule has 6 heteroatoms. The predicted molar refractivity (Wildman–Crippen MR) is 77.3 cm³/mol. The lowest BCUT2D eigenvalue weighted by Gasteiger charge is -2.08. The lowest BCUT2D eigenvalue weighted by Crippen LogP contribution is -2.28. The van der Waals surface area contributed by atoms with Gasteiger partial charge in [0.25, 0.3) is 0 Å². The van der Waals surface area contributed by atoms with Crippen LogP contribution in [0, 0.1) is 0 Å². The van der Waals surface area contributed by atoms with Crippen LogP contribution in [0.5, 0.6) is 0 Å². The van der Waals surface area contributed by atoms with Crippen molar-refractivity contribution in [2.75, 3.05) is 39.5 Å². The minimum absolute atomic E-state index is 0.168. The molecule has 0 aliphatic heterocycles. The minimum Gasteiger partial charge on any atom is -0.377 e. The summed E-state index contributed by atoms with van der Waals surface area (Å²) in [5.41, 5.74) is 0.954. The fourth-order valence-corrected chi connectivity index (χ4v) is 1.10. The molecular formula is C14H24N2O4. The SMILES string of the molecule is C=C(C)C(=O)NCCOCCOCCNC(=O)C(=C)C. The highest BCUT2D eigenvalue weighted by molar-refractivity contribution is 5.92. The van der Waals surface area contributed by atoms with E-state index >= 15 is 0 Å². The van der Waals surface area contributed by atoms with Crippen molar-refractivity contribution in [2.24, 2.45) is 0 Å². The van der Waals surface area contributed by atoms with E-state index in [-0.39, 0.29) is 11.8 Å². The van der Waals surface area contributed by atoms with Crippen molar-refractivity contribution >= 4 is 11.8 Å². The highest BCUT2D eigenvalue weighted by Crippen LogP contribution is 1.86. The fourth-order valence-electron chi connectivity index (χ4n) is 1.10. The lowest BCUT2D eigenvalue weighted by molar-refractivity contribution is -0.118. The van der Waals surface area contributed by atoms with Gasteiger partial charge in [-0.3, -0.25) is 9.59 Å². The van der Waals surface area contributed by atoms with E-state index in [1.807, 2.05) is 0 Å². The molecule has 0 aromatic rings. The van der Waals surface area contributed by atoms with E-state index in [2.05, 4.69) is 23.8 Å². The first kappa shape index (κ1) is 18.3. The molecule has 0 atom stereocenters. The zero-order chi connectivity index (χ0) is 15.4. The summed E-state index contributed by atoms with van der Waals surface area (Å²) in [4.78, 5) is 22.2. The molecule has 0 saturated heterocycles. The van der Waals surface area contributed by atoms with Crippen molar-refractivity contribution in [1.29, 1.82) is 0 Å². The van der Waals surface area contributed by atoms with E-state index in [1.165, 1.54) is 0 Å². The lowest BCUT2D eigenvalue weighted by atomic mass is 10.3. The molecule has 0 aromatic carbocycles. The van der Waals surface area contributed by atoms with Crippen molar-refractivity contribution in [3.63, 3.8) is 0 Å². The smallest absolute Gasteiger partial charge is 0.246 e. The van der Waals surface area contributed by atoms with Gasteiger partial charge in [-0.15, -0.1) is 0 Å². The first-order valence-electron chi connectivity index (χ1n) is 6.48. The van der Waals surface area contributed by atoms with Gasteiger partial charge in [0, 0.05) is 24.2 Å². The Morgan fingerprint density at radius 3 is 1.45 bits per heavy atom. The molecule has 0 rings (SSSR count). The van der Waals surface area contributed by atoms with Gasteiger partial charge in [-0.1, -0.05) is 13.2 Å². The summed E-state index contributed by atoms with van der Waals surface area (Å²) in [6.45, 7) is 13.0. The van der Waals surface area contributed by atoms with E-state index in [1.54, 1.807) is 13.8 Å². The average Bonchev–Trinajstić information content (AvgIpc) is 2.39. The average molecular weight is 284 g/mol. The third kappa shape index (κ3) is 10.3. The summed E-state index contributed by atoms with van der Waals surface area (Å²) in [5.74, 6) is -0.337. The molecule has 0 aromatic heterocycles. The van der Waals surface area contributed by atoms with Crippen LogP contribution in [0.4, 0.5) is 0 Å². The maximum absolute atomic E-state index is 11.1. The molecule has 0 heterocycles. The van der Waals surface area contributed by atoms with E-state index in [0.717, 1.165) is 0 Å². The summed E-state index contributed by atoms with van der Waals surface area (Å²) in [6, 6.07) is 0. The molecule has 0 aliphatic carbocycles. The molecule has 0 spiro atoms. The Labute approximate surface area is 120 Å². The highest BCUT2D eigenvalue weighted by Gasteiger charge is 2.00. The number of rotatable bonds is 11. The van der Waals surface area contributed by atoms with E-state index in [9.17, 15) is 9.59 Å². The zero-order valence-electron chi connectivity index (χ0n) is 12.3. The molecule has 2 amide bonds. The maximum Gasteiger partial charge on any atom is 0.246 e. The van der Waals surface area contributed by atoms with Gasteiger partial charge in [-0.2, -0.15) is 0 Å². The molecule has 114 valence electrons. The van der Waals surface area contributed by atoms with Crippen molar-refractivity contribution < 1.29 is 19.1 Å². The van der Waals surface area contributed by atoms with Gasteiger partial charge in [-0.25, -0.2) is 0 Å². The molecule has 0 fully saturated rings. The molecule has 0 unspecified atom stereocenters. The quantitative estimate of drug-likeness (QED) is 0.425. The third-order valence-electron chi connectivity index (χ3n) is 2.21. The number of carbonyl (C=O) groups is 2. The second kappa shape index (κ2) is 11.2. The summed E-state index contributed by atoms with van der Waals surface area (Å²) < 4.78 is 10.5. The standard InChI is InChI=1S/C14H24N2O4/c1-11(2)13(17)15-5-7-19-9-10-20-8-6-16-14(18)12(3)4/h1,3,5-10H2,2,4H3,(H,15,17)(H,16,18). The second-order valence-corrected chi connectivity index (χ2v) is 4.30. The molecular weight excluding hydrogens is 260 g/mol. The van der Waals surface area contributed by atoms with Crippen LogP contribution in [-0.4, -0.2) is 51.3 Å². The first-order valence-corrected chi connectivity index (χ1v) is 6.48. The number of hydrogen-bond donors (Lipinski definition) is 2. The number of hydrogen-bond acceptors (Lipinski definition) is 4. The molecule has 2 N–H and O–H groups in total. The Morgan fingerprint density at radius 1 is 0.800 bits per heavy atom. The number of amides is 2. The van der Waals surface area contributed by atoms with Crippen molar-refractivity contribution in [2.45, 2.75) is 13.8 Å². The summed E-state index contributed by atoms with van der Waals surface area (Å²) in [6.07, 6.45) is 0. The Morgan fingerprint density at radius 2 is 1.15 bits per heavy atom. The fraction of sp³-hybridized carbons (Fsp3) is 0.571. The van der Waals surface area contributed by atoms with E-state index in [4.69, 9.17) is 9.47 Å². The van der Waals surface area contributed by atoms with Gasteiger partial charge in [-0.05, 0) is 13.8 Å². The monoisotopic (exact) mass is 284 g/mol. The van der Waals surface area contributed by atoms with Crippen molar-refractivity contribution in [3.05, 3.63) is 24.3 Å². The van der Waals surface area contributed by atoms with E-state index in [0.29, 0.717) is 50.7 Å². The van der Waals surface area contributed by atoms with Crippen LogP contribution in [-0.2, 0) is 19.1 Å². The van der Waals surface area contributed by atoms with Gasteiger partial charge in [0.05, 0.1) is 26.4 Å². The molecule has 0 saturated carbocycles. The summed E-state index contributed by atoms with van der Waals surface area (Å²) >= 11 is 0. The summed E-state index contributed by atoms with van der Waals surface area (Å²) in [7, 11) is 0. The molecule has 0 aliphatic rings. The Bertz CT molecular complexity index is 319. The zero-order valence-corrected chi connectivity index (χ0v) is 12.3. The Hall–Kier alpha value is -1.66. The molecule has 0 radical (unpaired) electrons. The Balaban J connectivity index is 3.25. The van der Waals surface area contributed by atoms with Crippen molar-refractivity contribution in [3.8, 4) is 0 Å². The van der Waals surface area contributed by atoms with Gasteiger partial charge in [0.1, 0.15) is 0 Å². The van der Waals surface area contributed by atoms with Crippen LogP contribution in [0.2, 0.25) is 0 Å². The van der Waals surface area contributed by atoms with Crippen LogP contribution in [0.15, 0.2) is 24.3 Å². The Kier molecular flexibility index (Phi) is 10.3.